The van der Waals surface area contributed by atoms with Crippen molar-refractivity contribution in [1.29, 1.82) is 0 Å². The first-order valence-electron chi connectivity index (χ1n) is 21.2. The predicted molar refractivity (Wildman–Crippen MR) is 242 cm³/mol. The zero-order chi connectivity index (χ0) is 38.6. The van der Waals surface area contributed by atoms with Crippen molar-refractivity contribution >= 4 is 27.4 Å². The molecule has 4 saturated carbocycles. The second-order valence-electron chi connectivity index (χ2n) is 18.7. The molecule has 280 valence electrons. The molecule has 0 N–H and O–H groups in total. The van der Waals surface area contributed by atoms with Crippen molar-refractivity contribution in [2.75, 3.05) is 0 Å². The van der Waals surface area contributed by atoms with Gasteiger partial charge in [-0.3, -0.25) is 0 Å². The second kappa shape index (κ2) is 12.7. The molecule has 0 amide bonds. The second-order valence-corrected chi connectivity index (χ2v) is 18.7. The smallest absolute Gasteiger partial charge is 0.0541 e. The average Bonchev–Trinajstić information content (AvgIpc) is 3.71. The maximum atomic E-state index is 4.18. The van der Waals surface area contributed by atoms with Crippen molar-refractivity contribution in [2.24, 2.45) is 23.7 Å². The Morgan fingerprint density at radius 2 is 1.23 bits per heavy atom. The summed E-state index contributed by atoms with van der Waals surface area (Å²) in [6.45, 7) is 15.1. The highest BCUT2D eigenvalue weighted by atomic mass is 15.0. The van der Waals surface area contributed by atoms with Crippen LogP contribution in [-0.4, -0.2) is 4.57 Å². The van der Waals surface area contributed by atoms with Gasteiger partial charge in [0.25, 0.3) is 0 Å². The monoisotopic (exact) mass is 737 g/mol. The van der Waals surface area contributed by atoms with Gasteiger partial charge in [-0.2, -0.15) is 0 Å². The normalized spacial score (nSPS) is 23.3. The van der Waals surface area contributed by atoms with Gasteiger partial charge in [-0.1, -0.05) is 131 Å². The fourth-order valence-corrected chi connectivity index (χ4v) is 12.4. The van der Waals surface area contributed by atoms with Crippen LogP contribution in [0.5, 0.6) is 0 Å². The van der Waals surface area contributed by atoms with Crippen molar-refractivity contribution in [3.63, 3.8) is 0 Å². The van der Waals surface area contributed by atoms with E-state index >= 15 is 0 Å². The third kappa shape index (κ3) is 5.14. The lowest BCUT2D eigenvalue weighted by Gasteiger charge is -2.61. The number of aromatic nitrogens is 1. The minimum absolute atomic E-state index is 0.0482. The highest BCUT2D eigenvalue weighted by Gasteiger charge is 2.61. The van der Waals surface area contributed by atoms with Crippen LogP contribution in [0.2, 0.25) is 0 Å². The minimum Gasteiger partial charge on any atom is -0.309 e. The molecule has 5 aliphatic carbocycles. The number of allylic oxidation sites excluding steroid dienone is 4. The third-order valence-electron chi connectivity index (χ3n) is 14.7. The molecule has 1 aromatic heterocycles. The standard InChI is InChI=1S/C56H51N/c1-6-11-37(7-2)42-16-22-47-48-31-40(17-23-51(48)56(52(47)33-42)44-27-35-26-36(29-44)30-45(56)28-35)41-18-24-53-49(32-41)50-34-43(55(3,4)5)19-25-54(50)57(53)46-20-14-39(15-21-46)38-12-9-8-10-13-38/h6-25,31-36,44-45H,1-2,26-30H2,3-5H3/b37-11+. The van der Waals surface area contributed by atoms with E-state index in [2.05, 4.69) is 172 Å². The Hall–Kier alpha value is -5.66. The first kappa shape index (κ1) is 34.6. The number of hydrogen-bond donors (Lipinski definition) is 0. The molecule has 1 nitrogen and oxygen atoms in total. The lowest BCUT2D eigenvalue weighted by Crippen LogP contribution is -2.55. The van der Waals surface area contributed by atoms with Gasteiger partial charge in [-0.05, 0) is 171 Å². The van der Waals surface area contributed by atoms with E-state index in [1.165, 1.54) is 104 Å². The molecule has 12 rings (SSSR count). The van der Waals surface area contributed by atoms with E-state index in [0.717, 1.165) is 17.4 Å². The van der Waals surface area contributed by atoms with Crippen LogP contribution in [0.3, 0.4) is 0 Å². The molecule has 0 atom stereocenters. The predicted octanol–water partition coefficient (Wildman–Crippen LogP) is 14.9. The third-order valence-corrected chi connectivity index (χ3v) is 14.7. The van der Waals surface area contributed by atoms with E-state index in [-0.39, 0.29) is 10.8 Å². The minimum atomic E-state index is 0.0482. The van der Waals surface area contributed by atoms with Gasteiger partial charge in [0.05, 0.1) is 11.0 Å². The largest absolute Gasteiger partial charge is 0.309 e. The molecule has 57 heavy (non-hydrogen) atoms. The Balaban J connectivity index is 1.08. The molecule has 1 spiro atoms. The number of benzene rings is 6. The van der Waals surface area contributed by atoms with E-state index < -0.39 is 0 Å². The van der Waals surface area contributed by atoms with Crippen LogP contribution in [-0.2, 0) is 10.8 Å². The average molecular weight is 738 g/mol. The first-order chi connectivity index (χ1) is 27.7. The maximum Gasteiger partial charge on any atom is 0.0541 e. The fraction of sp³-hybridized carbons (Fsp3) is 0.250. The maximum absolute atomic E-state index is 4.18. The lowest BCUT2D eigenvalue weighted by atomic mass is 9.43. The quantitative estimate of drug-likeness (QED) is 0.150. The van der Waals surface area contributed by atoms with Crippen LogP contribution < -0.4 is 0 Å². The highest BCUT2D eigenvalue weighted by molar-refractivity contribution is 6.11. The Labute approximate surface area is 338 Å². The number of rotatable bonds is 6. The van der Waals surface area contributed by atoms with Gasteiger partial charge in [-0.25, -0.2) is 0 Å². The van der Waals surface area contributed by atoms with Crippen molar-refractivity contribution in [3.05, 3.63) is 181 Å². The molecule has 5 aliphatic rings. The van der Waals surface area contributed by atoms with Crippen molar-refractivity contribution in [1.82, 2.24) is 4.57 Å². The number of fused-ring (bicyclic) bond motifs is 6. The van der Waals surface area contributed by atoms with E-state index in [9.17, 15) is 0 Å². The van der Waals surface area contributed by atoms with Gasteiger partial charge in [0.2, 0.25) is 0 Å². The zero-order valence-corrected chi connectivity index (χ0v) is 33.6. The van der Waals surface area contributed by atoms with Gasteiger partial charge in [-0.15, -0.1) is 0 Å². The first-order valence-corrected chi connectivity index (χ1v) is 21.2. The molecule has 4 bridgehead atoms. The summed E-state index contributed by atoms with van der Waals surface area (Å²) in [5.41, 5.74) is 18.7. The molecule has 7 aromatic rings. The Morgan fingerprint density at radius 3 is 1.91 bits per heavy atom. The van der Waals surface area contributed by atoms with Crippen LogP contribution in [0, 0.1) is 23.7 Å². The van der Waals surface area contributed by atoms with E-state index in [4.69, 9.17) is 0 Å². The lowest BCUT2D eigenvalue weighted by molar-refractivity contribution is -0.0399. The van der Waals surface area contributed by atoms with Gasteiger partial charge in [0.15, 0.2) is 0 Å². The van der Waals surface area contributed by atoms with Gasteiger partial charge < -0.3 is 4.57 Å². The van der Waals surface area contributed by atoms with E-state index in [1.807, 2.05) is 12.2 Å². The highest BCUT2D eigenvalue weighted by Crippen LogP contribution is 2.69. The molecule has 0 unspecified atom stereocenters. The van der Waals surface area contributed by atoms with Crippen molar-refractivity contribution < 1.29 is 0 Å². The number of nitrogens with zero attached hydrogens (tertiary/aromatic N) is 1. The molecule has 4 fully saturated rings. The Kier molecular flexibility index (Phi) is 7.69. The topological polar surface area (TPSA) is 4.93 Å². The molecular weight excluding hydrogens is 687 g/mol. The summed E-state index contributed by atoms with van der Waals surface area (Å²) in [7, 11) is 0. The summed E-state index contributed by atoms with van der Waals surface area (Å²) in [5.74, 6) is 3.25. The summed E-state index contributed by atoms with van der Waals surface area (Å²) in [6, 6.07) is 48.9. The van der Waals surface area contributed by atoms with Crippen LogP contribution in [0.25, 0.3) is 66.4 Å². The van der Waals surface area contributed by atoms with E-state index in [0.29, 0.717) is 11.8 Å². The molecule has 1 heteroatoms. The van der Waals surface area contributed by atoms with Gasteiger partial charge in [0.1, 0.15) is 0 Å². The summed E-state index contributed by atoms with van der Waals surface area (Å²) >= 11 is 0. The molecular formula is C56H51N. The van der Waals surface area contributed by atoms with Crippen LogP contribution in [0.4, 0.5) is 0 Å². The summed E-state index contributed by atoms with van der Waals surface area (Å²) in [6.07, 6.45) is 13.0. The van der Waals surface area contributed by atoms with Crippen LogP contribution in [0.15, 0.2) is 159 Å². The van der Waals surface area contributed by atoms with Gasteiger partial charge in [0, 0.05) is 21.9 Å². The molecule has 0 aliphatic heterocycles. The van der Waals surface area contributed by atoms with Crippen molar-refractivity contribution in [2.45, 2.75) is 63.7 Å². The van der Waals surface area contributed by atoms with Crippen LogP contribution in [0.1, 0.15) is 75.1 Å². The van der Waals surface area contributed by atoms with Gasteiger partial charge >= 0.3 is 0 Å². The number of hydrogen-bond acceptors (Lipinski definition) is 0. The summed E-state index contributed by atoms with van der Waals surface area (Å²) in [5, 5.41) is 2.61. The zero-order valence-electron chi connectivity index (χ0n) is 33.6. The molecule has 6 aromatic carbocycles. The fourth-order valence-electron chi connectivity index (χ4n) is 12.4. The summed E-state index contributed by atoms with van der Waals surface area (Å²) in [4.78, 5) is 0. The SMILES string of the molecule is C=C/C=C(\C=C)c1ccc2c(c1)C1(c3ccc(-c4ccc5c(c4)c4cc(C(C)(C)C)ccc4n5-c4ccc(-c5ccccc5)cc4)cc3-2)C2CC3CC(C2)CC1C3. The molecule has 0 radical (unpaired) electrons. The summed E-state index contributed by atoms with van der Waals surface area (Å²) < 4.78 is 2.46. The molecule has 1 heterocycles. The Bertz CT molecular complexity index is 2770. The van der Waals surface area contributed by atoms with Crippen LogP contribution >= 0.6 is 0 Å². The van der Waals surface area contributed by atoms with Crippen molar-refractivity contribution in [3.8, 4) is 39.1 Å². The Morgan fingerprint density at radius 1 is 0.596 bits per heavy atom. The molecule has 0 saturated heterocycles. The van der Waals surface area contributed by atoms with E-state index in [1.54, 1.807) is 11.1 Å².